The van der Waals surface area contributed by atoms with Gasteiger partial charge in [-0.1, -0.05) is 0 Å². The molecule has 0 aromatic heterocycles. The van der Waals surface area contributed by atoms with Crippen LogP contribution in [0.3, 0.4) is 0 Å². The molecule has 1 rings (SSSR count). The smallest absolute Gasteiger partial charge is 0.211 e. The third-order valence-corrected chi connectivity index (χ3v) is 2.56. The summed E-state index contributed by atoms with van der Waals surface area (Å²) in [5.41, 5.74) is 11.1. The lowest BCUT2D eigenvalue weighted by Gasteiger charge is -2.09. The first kappa shape index (κ1) is 13.3. The van der Waals surface area contributed by atoms with Gasteiger partial charge in [-0.05, 0) is 28.1 Å². The second kappa shape index (κ2) is 6.09. The van der Waals surface area contributed by atoms with E-state index in [4.69, 9.17) is 20.9 Å². The molecule has 0 aliphatic heterocycles. The third kappa shape index (κ3) is 3.63. The maximum Gasteiger partial charge on any atom is 0.211 e. The summed E-state index contributed by atoms with van der Waals surface area (Å²) in [6.45, 7) is 0. The Morgan fingerprint density at radius 2 is 1.82 bits per heavy atom. The van der Waals surface area contributed by atoms with E-state index in [0.29, 0.717) is 11.5 Å². The highest BCUT2D eigenvalue weighted by Gasteiger charge is 2.07. The Morgan fingerprint density at radius 3 is 2.35 bits per heavy atom. The van der Waals surface area contributed by atoms with Gasteiger partial charge in [0, 0.05) is 10.0 Å². The fraction of sp³-hybridized carbons (Fsp3) is 0.200. The van der Waals surface area contributed by atoms with Crippen LogP contribution in [0.1, 0.15) is 5.56 Å². The maximum absolute atomic E-state index is 5.17. The molecule has 0 aliphatic rings. The Bertz CT molecular complexity index is 456. The van der Waals surface area contributed by atoms with Crippen LogP contribution in [0.4, 0.5) is 0 Å². The van der Waals surface area contributed by atoms with Crippen LogP contribution in [0.2, 0.25) is 0 Å². The molecule has 0 heterocycles. The zero-order chi connectivity index (χ0) is 12.8. The SMILES string of the molecule is COc1cc(Br)c(/C=N\N=C(N)N)cc1OC. The van der Waals surface area contributed by atoms with Crippen molar-refractivity contribution < 1.29 is 9.47 Å². The lowest BCUT2D eigenvalue weighted by Crippen LogP contribution is -2.21. The average molecular weight is 301 g/mol. The van der Waals surface area contributed by atoms with Gasteiger partial charge in [0.25, 0.3) is 0 Å². The molecule has 0 aliphatic carbocycles. The van der Waals surface area contributed by atoms with Crippen LogP contribution < -0.4 is 20.9 Å². The number of methoxy groups -OCH3 is 2. The summed E-state index contributed by atoms with van der Waals surface area (Å²) in [5.74, 6) is 1.12. The molecule has 0 fully saturated rings. The summed E-state index contributed by atoms with van der Waals surface area (Å²) in [5, 5.41) is 7.23. The van der Waals surface area contributed by atoms with Crippen molar-refractivity contribution in [3.63, 3.8) is 0 Å². The van der Waals surface area contributed by atoms with Crippen molar-refractivity contribution in [1.29, 1.82) is 0 Å². The molecular formula is C10H13BrN4O2. The number of ether oxygens (including phenoxy) is 2. The predicted octanol–water partition coefficient (Wildman–Crippen LogP) is 1.07. The van der Waals surface area contributed by atoms with Crippen LogP contribution >= 0.6 is 15.9 Å². The van der Waals surface area contributed by atoms with E-state index < -0.39 is 0 Å². The van der Waals surface area contributed by atoms with Gasteiger partial charge in [-0.15, -0.1) is 5.10 Å². The van der Waals surface area contributed by atoms with Crippen LogP contribution in [0.15, 0.2) is 26.8 Å². The van der Waals surface area contributed by atoms with Crippen LogP contribution in [-0.4, -0.2) is 26.4 Å². The van der Waals surface area contributed by atoms with Crippen molar-refractivity contribution in [2.75, 3.05) is 14.2 Å². The minimum atomic E-state index is -0.0992. The van der Waals surface area contributed by atoms with E-state index >= 15 is 0 Å². The third-order valence-electron chi connectivity index (χ3n) is 1.87. The van der Waals surface area contributed by atoms with Crippen LogP contribution in [0.25, 0.3) is 0 Å². The monoisotopic (exact) mass is 300 g/mol. The van der Waals surface area contributed by atoms with Gasteiger partial charge in [-0.25, -0.2) is 0 Å². The molecule has 1 aromatic carbocycles. The lowest BCUT2D eigenvalue weighted by atomic mass is 10.2. The van der Waals surface area contributed by atoms with Crippen LogP contribution in [-0.2, 0) is 0 Å². The highest BCUT2D eigenvalue weighted by Crippen LogP contribution is 2.32. The highest BCUT2D eigenvalue weighted by atomic mass is 79.9. The molecule has 0 atom stereocenters. The second-order valence-corrected chi connectivity index (χ2v) is 3.85. The standard InChI is InChI=1S/C10H13BrN4O2/c1-16-8-3-6(5-14-15-10(12)13)7(11)4-9(8)17-2/h3-5H,1-2H3,(H4,12,13,15)/b14-5-. The summed E-state index contributed by atoms with van der Waals surface area (Å²) < 4.78 is 11.1. The number of hydrogen-bond acceptors (Lipinski definition) is 4. The Morgan fingerprint density at radius 1 is 1.24 bits per heavy atom. The molecule has 0 saturated heterocycles. The van der Waals surface area contributed by atoms with E-state index in [9.17, 15) is 0 Å². The van der Waals surface area contributed by atoms with Gasteiger partial charge < -0.3 is 20.9 Å². The molecule has 0 bridgehead atoms. The number of halogens is 1. The molecule has 0 amide bonds. The Balaban J connectivity index is 3.09. The summed E-state index contributed by atoms with van der Waals surface area (Å²) in [7, 11) is 3.13. The van der Waals surface area contributed by atoms with E-state index in [1.54, 1.807) is 26.4 Å². The molecule has 92 valence electrons. The van der Waals surface area contributed by atoms with E-state index in [-0.39, 0.29) is 5.96 Å². The second-order valence-electron chi connectivity index (χ2n) is 3.00. The Labute approximate surface area is 107 Å². The summed E-state index contributed by atoms with van der Waals surface area (Å²) >= 11 is 3.38. The molecular weight excluding hydrogens is 288 g/mol. The number of nitrogens with two attached hydrogens (primary N) is 2. The number of guanidine groups is 1. The zero-order valence-electron chi connectivity index (χ0n) is 9.48. The van der Waals surface area contributed by atoms with Crippen molar-refractivity contribution in [2.24, 2.45) is 21.7 Å². The van der Waals surface area contributed by atoms with Gasteiger partial charge in [0.2, 0.25) is 5.96 Å². The first-order valence-electron chi connectivity index (χ1n) is 4.62. The first-order chi connectivity index (χ1) is 8.08. The van der Waals surface area contributed by atoms with E-state index in [0.717, 1.165) is 10.0 Å². The first-order valence-corrected chi connectivity index (χ1v) is 5.41. The van der Waals surface area contributed by atoms with Crippen LogP contribution in [0.5, 0.6) is 11.5 Å². The quantitative estimate of drug-likeness (QED) is 0.494. The molecule has 0 unspecified atom stereocenters. The largest absolute Gasteiger partial charge is 0.493 e. The van der Waals surface area contributed by atoms with Crippen LogP contribution in [0, 0.1) is 0 Å². The van der Waals surface area contributed by atoms with Crippen molar-refractivity contribution >= 4 is 28.1 Å². The minimum Gasteiger partial charge on any atom is -0.493 e. The van der Waals surface area contributed by atoms with Crippen molar-refractivity contribution in [3.8, 4) is 11.5 Å². The topological polar surface area (TPSA) is 95.2 Å². The summed E-state index contributed by atoms with van der Waals surface area (Å²) in [4.78, 5) is 0. The van der Waals surface area contributed by atoms with E-state index in [2.05, 4.69) is 26.1 Å². The fourth-order valence-electron chi connectivity index (χ4n) is 1.13. The molecule has 0 saturated carbocycles. The molecule has 0 spiro atoms. The zero-order valence-corrected chi connectivity index (χ0v) is 11.1. The van der Waals surface area contributed by atoms with Crippen molar-refractivity contribution in [1.82, 2.24) is 0 Å². The maximum atomic E-state index is 5.17. The highest BCUT2D eigenvalue weighted by molar-refractivity contribution is 9.10. The number of hydrogen-bond donors (Lipinski definition) is 2. The molecule has 4 N–H and O–H groups in total. The van der Waals surface area contributed by atoms with Gasteiger partial charge in [0.1, 0.15) is 0 Å². The molecule has 1 aromatic rings. The summed E-state index contributed by atoms with van der Waals surface area (Å²) in [6.07, 6.45) is 1.51. The molecule has 17 heavy (non-hydrogen) atoms. The van der Waals surface area contributed by atoms with Gasteiger partial charge in [0.15, 0.2) is 11.5 Å². The van der Waals surface area contributed by atoms with Gasteiger partial charge >= 0.3 is 0 Å². The van der Waals surface area contributed by atoms with Gasteiger partial charge in [0.05, 0.1) is 20.4 Å². The van der Waals surface area contributed by atoms with Gasteiger partial charge in [-0.3, -0.25) is 0 Å². The molecule has 6 nitrogen and oxygen atoms in total. The van der Waals surface area contributed by atoms with Crippen molar-refractivity contribution in [3.05, 3.63) is 22.2 Å². The minimum absolute atomic E-state index is 0.0992. The average Bonchev–Trinajstić information content (AvgIpc) is 2.30. The molecule has 0 radical (unpaired) electrons. The summed E-state index contributed by atoms with van der Waals surface area (Å²) in [6, 6.07) is 3.53. The lowest BCUT2D eigenvalue weighted by molar-refractivity contribution is 0.354. The number of nitrogens with zero attached hydrogens (tertiary/aromatic N) is 2. The predicted molar refractivity (Wildman–Crippen MR) is 70.6 cm³/mol. The Kier molecular flexibility index (Phi) is 4.77. The fourth-order valence-corrected chi connectivity index (χ4v) is 1.55. The van der Waals surface area contributed by atoms with E-state index in [1.165, 1.54) is 6.21 Å². The van der Waals surface area contributed by atoms with E-state index in [1.807, 2.05) is 0 Å². The number of benzene rings is 1. The normalized spacial score (nSPS) is 10.3. The Hall–Kier alpha value is -1.76. The van der Waals surface area contributed by atoms with Crippen molar-refractivity contribution in [2.45, 2.75) is 0 Å². The molecule has 7 heteroatoms. The van der Waals surface area contributed by atoms with Gasteiger partial charge in [-0.2, -0.15) is 5.10 Å². The number of rotatable bonds is 4.